The van der Waals surface area contributed by atoms with Crippen LogP contribution in [0, 0.1) is 13.8 Å². The molecule has 1 aromatic heterocycles. The Bertz CT molecular complexity index is 335. The molecule has 1 rings (SSSR count). The Morgan fingerprint density at radius 2 is 2.00 bits per heavy atom. The molecule has 5 nitrogen and oxygen atoms in total. The van der Waals surface area contributed by atoms with Gasteiger partial charge in [0.05, 0.1) is 18.0 Å². The van der Waals surface area contributed by atoms with E-state index in [1.807, 2.05) is 13.8 Å². The lowest BCUT2D eigenvalue weighted by Gasteiger charge is -2.06. The molecular weight excluding hydrogens is 218 g/mol. The number of aryl methyl sites for hydroxylation is 2. The van der Waals surface area contributed by atoms with E-state index in [0.717, 1.165) is 11.4 Å². The van der Waals surface area contributed by atoms with Crippen LogP contribution in [0.25, 0.3) is 0 Å². The predicted octanol–water partition coefficient (Wildman–Crippen LogP) is 1.18. The molecule has 0 unspecified atom stereocenters. The molecule has 1 heterocycles. The molecule has 1 N–H and O–H groups in total. The molecule has 0 saturated heterocycles. The second-order valence-corrected chi connectivity index (χ2v) is 3.20. The summed E-state index contributed by atoms with van der Waals surface area (Å²) >= 11 is 0. The van der Waals surface area contributed by atoms with Crippen LogP contribution in [0.4, 0.5) is 14.7 Å². The van der Waals surface area contributed by atoms with Gasteiger partial charge in [0.15, 0.2) is 0 Å². The molecular formula is C9H14F2N4O. The fraction of sp³-hybridized carbons (Fsp3) is 0.667. The summed E-state index contributed by atoms with van der Waals surface area (Å²) in [5.41, 5.74) is 1.55. The lowest BCUT2D eigenvalue weighted by molar-refractivity contribution is 0.0214. The van der Waals surface area contributed by atoms with Gasteiger partial charge in [0.1, 0.15) is 6.61 Å². The van der Waals surface area contributed by atoms with E-state index < -0.39 is 13.0 Å². The number of ether oxygens (including phenoxy) is 1. The Morgan fingerprint density at radius 1 is 1.25 bits per heavy atom. The maximum Gasteiger partial charge on any atom is 0.261 e. The first-order valence-electron chi connectivity index (χ1n) is 4.87. The molecule has 0 fully saturated rings. The van der Waals surface area contributed by atoms with Crippen LogP contribution in [-0.2, 0) is 4.74 Å². The van der Waals surface area contributed by atoms with E-state index >= 15 is 0 Å². The Balaban J connectivity index is 2.24. The van der Waals surface area contributed by atoms with Gasteiger partial charge in [-0.3, -0.25) is 0 Å². The van der Waals surface area contributed by atoms with Gasteiger partial charge in [-0.2, -0.15) is 5.10 Å². The van der Waals surface area contributed by atoms with Crippen molar-refractivity contribution in [1.29, 1.82) is 0 Å². The summed E-state index contributed by atoms with van der Waals surface area (Å²) in [5.74, 6) is 0.378. The van der Waals surface area contributed by atoms with E-state index in [-0.39, 0.29) is 6.61 Å². The summed E-state index contributed by atoms with van der Waals surface area (Å²) in [7, 11) is 0. The Hall–Kier alpha value is -1.37. The fourth-order valence-electron chi connectivity index (χ4n) is 0.939. The highest BCUT2D eigenvalue weighted by molar-refractivity contribution is 5.24. The number of hydrogen-bond donors (Lipinski definition) is 1. The largest absolute Gasteiger partial charge is 0.374 e. The summed E-state index contributed by atoms with van der Waals surface area (Å²) in [5, 5.41) is 10.5. The van der Waals surface area contributed by atoms with Crippen LogP contribution in [0.3, 0.4) is 0 Å². The number of nitrogens with zero attached hydrogens (tertiary/aromatic N) is 3. The molecule has 16 heavy (non-hydrogen) atoms. The highest BCUT2D eigenvalue weighted by Crippen LogP contribution is 2.01. The first kappa shape index (κ1) is 12.7. The molecule has 1 aromatic rings. The molecule has 90 valence electrons. The van der Waals surface area contributed by atoms with Crippen LogP contribution in [-0.4, -0.2) is 41.4 Å². The van der Waals surface area contributed by atoms with Crippen LogP contribution in [0.15, 0.2) is 0 Å². The van der Waals surface area contributed by atoms with Crippen molar-refractivity contribution in [2.45, 2.75) is 20.3 Å². The minimum Gasteiger partial charge on any atom is -0.374 e. The molecule has 0 aromatic carbocycles. The van der Waals surface area contributed by atoms with Crippen LogP contribution >= 0.6 is 0 Å². The second kappa shape index (κ2) is 6.26. The van der Waals surface area contributed by atoms with Crippen molar-refractivity contribution in [2.75, 3.05) is 25.1 Å². The lowest BCUT2D eigenvalue weighted by atomic mass is 10.4. The van der Waals surface area contributed by atoms with E-state index in [4.69, 9.17) is 0 Å². The monoisotopic (exact) mass is 232 g/mol. The number of alkyl halides is 2. The van der Waals surface area contributed by atoms with Crippen molar-refractivity contribution in [3.8, 4) is 0 Å². The van der Waals surface area contributed by atoms with E-state index in [1.54, 1.807) is 0 Å². The van der Waals surface area contributed by atoms with Crippen molar-refractivity contribution < 1.29 is 13.5 Å². The zero-order valence-corrected chi connectivity index (χ0v) is 9.20. The van der Waals surface area contributed by atoms with Gasteiger partial charge in [-0.05, 0) is 13.8 Å². The highest BCUT2D eigenvalue weighted by atomic mass is 19.3. The van der Waals surface area contributed by atoms with Crippen molar-refractivity contribution in [3.05, 3.63) is 11.4 Å². The SMILES string of the molecule is Cc1nnc(NCCOCC(F)F)nc1C. The van der Waals surface area contributed by atoms with Crippen molar-refractivity contribution in [1.82, 2.24) is 15.2 Å². The maximum absolute atomic E-state index is 11.7. The van der Waals surface area contributed by atoms with E-state index in [1.165, 1.54) is 0 Å². The molecule has 0 spiro atoms. The van der Waals surface area contributed by atoms with E-state index in [0.29, 0.717) is 12.5 Å². The predicted molar refractivity (Wildman–Crippen MR) is 54.6 cm³/mol. The standard InChI is InChI=1S/C9H14F2N4O/c1-6-7(2)14-15-9(13-6)12-3-4-16-5-8(10)11/h8H,3-5H2,1-2H3,(H,12,13,15). The summed E-state index contributed by atoms with van der Waals surface area (Å²) in [6.45, 7) is 3.64. The van der Waals surface area contributed by atoms with Gasteiger partial charge in [-0.25, -0.2) is 13.8 Å². The first-order valence-corrected chi connectivity index (χ1v) is 4.87. The van der Waals surface area contributed by atoms with Gasteiger partial charge in [0, 0.05) is 6.54 Å². The molecule has 0 aliphatic carbocycles. The topological polar surface area (TPSA) is 59.9 Å². The highest BCUT2D eigenvalue weighted by Gasteiger charge is 2.02. The summed E-state index contributed by atoms with van der Waals surface area (Å²) in [6.07, 6.45) is -2.43. The Kier molecular flexibility index (Phi) is 4.97. The second-order valence-electron chi connectivity index (χ2n) is 3.20. The Labute approximate surface area is 92.2 Å². The average Bonchev–Trinajstić information content (AvgIpc) is 2.22. The van der Waals surface area contributed by atoms with Crippen LogP contribution in [0.5, 0.6) is 0 Å². The van der Waals surface area contributed by atoms with Crippen molar-refractivity contribution in [3.63, 3.8) is 0 Å². The third-order valence-electron chi connectivity index (χ3n) is 1.87. The van der Waals surface area contributed by atoms with Crippen LogP contribution in [0.1, 0.15) is 11.4 Å². The minimum atomic E-state index is -2.43. The van der Waals surface area contributed by atoms with Gasteiger partial charge < -0.3 is 10.1 Å². The molecule has 0 saturated carbocycles. The minimum absolute atomic E-state index is 0.181. The molecule has 7 heteroatoms. The number of rotatable bonds is 6. The van der Waals surface area contributed by atoms with Crippen LogP contribution in [0.2, 0.25) is 0 Å². The van der Waals surface area contributed by atoms with Gasteiger partial charge in [-0.1, -0.05) is 0 Å². The van der Waals surface area contributed by atoms with Crippen molar-refractivity contribution >= 4 is 5.95 Å². The lowest BCUT2D eigenvalue weighted by Crippen LogP contribution is -2.15. The molecule has 0 bridgehead atoms. The van der Waals surface area contributed by atoms with Gasteiger partial charge in [0.25, 0.3) is 6.43 Å². The zero-order valence-electron chi connectivity index (χ0n) is 9.20. The molecule has 0 radical (unpaired) electrons. The third kappa shape index (κ3) is 4.43. The Morgan fingerprint density at radius 3 is 2.62 bits per heavy atom. The molecule has 0 aliphatic heterocycles. The van der Waals surface area contributed by atoms with Crippen molar-refractivity contribution in [2.24, 2.45) is 0 Å². The fourth-order valence-corrected chi connectivity index (χ4v) is 0.939. The molecule has 0 amide bonds. The smallest absolute Gasteiger partial charge is 0.261 e. The van der Waals surface area contributed by atoms with Crippen LogP contribution < -0.4 is 5.32 Å². The number of nitrogens with one attached hydrogen (secondary N) is 1. The quantitative estimate of drug-likeness (QED) is 0.746. The maximum atomic E-state index is 11.7. The van der Waals surface area contributed by atoms with Gasteiger partial charge in [0.2, 0.25) is 5.95 Å². The normalized spacial score (nSPS) is 10.8. The van der Waals surface area contributed by atoms with Gasteiger partial charge >= 0.3 is 0 Å². The molecule has 0 atom stereocenters. The van der Waals surface area contributed by atoms with E-state index in [2.05, 4.69) is 25.2 Å². The number of halogens is 2. The molecule has 0 aliphatic rings. The average molecular weight is 232 g/mol. The summed E-state index contributed by atoms with van der Waals surface area (Å²) < 4.78 is 28.1. The number of aromatic nitrogens is 3. The first-order chi connectivity index (χ1) is 7.59. The third-order valence-corrected chi connectivity index (χ3v) is 1.87. The zero-order chi connectivity index (χ0) is 12.0. The van der Waals surface area contributed by atoms with Gasteiger partial charge in [-0.15, -0.1) is 5.10 Å². The number of anilines is 1. The summed E-state index contributed by atoms with van der Waals surface area (Å²) in [6, 6.07) is 0. The summed E-state index contributed by atoms with van der Waals surface area (Å²) in [4.78, 5) is 4.12. The van der Waals surface area contributed by atoms with E-state index in [9.17, 15) is 8.78 Å². The number of hydrogen-bond acceptors (Lipinski definition) is 5.